The maximum atomic E-state index is 12.8. The van der Waals surface area contributed by atoms with Gasteiger partial charge >= 0.3 is 0 Å². The molecule has 2 aliphatic rings. The molecule has 0 N–H and O–H groups in total. The highest BCUT2D eigenvalue weighted by molar-refractivity contribution is 6.31. The first kappa shape index (κ1) is 15.2. The molecular formula is C19H17ClN2O2. The van der Waals surface area contributed by atoms with Crippen molar-refractivity contribution in [3.8, 4) is 0 Å². The molecule has 24 heavy (non-hydrogen) atoms. The number of carbonyl (C=O) groups excluding carboxylic acids is 2. The van der Waals surface area contributed by atoms with Crippen LogP contribution in [0.25, 0.3) is 0 Å². The van der Waals surface area contributed by atoms with E-state index in [0.717, 1.165) is 18.5 Å². The summed E-state index contributed by atoms with van der Waals surface area (Å²) >= 11 is 5.99. The largest absolute Gasteiger partial charge is 0.332 e. The van der Waals surface area contributed by atoms with Gasteiger partial charge in [-0.15, -0.1) is 0 Å². The van der Waals surface area contributed by atoms with Crippen molar-refractivity contribution in [2.75, 3.05) is 19.6 Å². The SMILES string of the molecule is O=C(c1cccc(Cl)c1)N1CC(=O)N2CCc3ccccc3C2C1. The zero-order valence-corrected chi connectivity index (χ0v) is 13.9. The molecule has 5 heteroatoms. The molecule has 1 unspecified atom stereocenters. The number of benzene rings is 2. The van der Waals surface area contributed by atoms with Gasteiger partial charge in [-0.3, -0.25) is 9.59 Å². The number of hydrogen-bond donors (Lipinski definition) is 0. The van der Waals surface area contributed by atoms with Crippen molar-refractivity contribution < 1.29 is 9.59 Å². The van der Waals surface area contributed by atoms with Crippen LogP contribution in [0.1, 0.15) is 27.5 Å². The monoisotopic (exact) mass is 340 g/mol. The van der Waals surface area contributed by atoms with E-state index in [2.05, 4.69) is 12.1 Å². The summed E-state index contributed by atoms with van der Waals surface area (Å²) in [5.74, 6) is -0.135. The molecular weight excluding hydrogens is 324 g/mol. The van der Waals surface area contributed by atoms with Crippen LogP contribution < -0.4 is 0 Å². The molecule has 1 fully saturated rings. The molecule has 2 amide bonds. The zero-order chi connectivity index (χ0) is 16.7. The lowest BCUT2D eigenvalue weighted by atomic mass is 9.90. The van der Waals surface area contributed by atoms with Gasteiger partial charge < -0.3 is 9.80 Å². The second kappa shape index (κ2) is 5.95. The second-order valence-corrected chi connectivity index (χ2v) is 6.68. The standard InChI is InChI=1S/C19H17ClN2O2/c20-15-6-3-5-14(10-15)19(24)21-11-17-16-7-2-1-4-13(16)8-9-22(17)18(23)12-21/h1-7,10,17H,8-9,11-12H2. The number of rotatable bonds is 1. The highest BCUT2D eigenvalue weighted by atomic mass is 35.5. The Kier molecular flexibility index (Phi) is 3.77. The van der Waals surface area contributed by atoms with Crippen LogP contribution in [-0.2, 0) is 11.2 Å². The van der Waals surface area contributed by atoms with Crippen LogP contribution in [0.5, 0.6) is 0 Å². The minimum Gasteiger partial charge on any atom is -0.332 e. The number of fused-ring (bicyclic) bond motifs is 3. The van der Waals surface area contributed by atoms with Gasteiger partial charge in [0.05, 0.1) is 6.04 Å². The van der Waals surface area contributed by atoms with Gasteiger partial charge in [-0.05, 0) is 35.7 Å². The van der Waals surface area contributed by atoms with Gasteiger partial charge in [-0.1, -0.05) is 41.9 Å². The Balaban J connectivity index is 1.65. The van der Waals surface area contributed by atoms with E-state index in [4.69, 9.17) is 11.6 Å². The Morgan fingerprint density at radius 2 is 1.96 bits per heavy atom. The fraction of sp³-hybridized carbons (Fsp3) is 0.263. The predicted octanol–water partition coefficient (Wildman–Crippen LogP) is 2.92. The molecule has 0 aliphatic carbocycles. The highest BCUT2D eigenvalue weighted by Gasteiger charge is 2.38. The van der Waals surface area contributed by atoms with Gasteiger partial charge in [-0.2, -0.15) is 0 Å². The van der Waals surface area contributed by atoms with E-state index in [1.54, 1.807) is 29.2 Å². The Hall–Kier alpha value is -2.33. The van der Waals surface area contributed by atoms with Crippen LogP contribution in [0.3, 0.4) is 0 Å². The molecule has 0 aromatic heterocycles. The summed E-state index contributed by atoms with van der Waals surface area (Å²) in [6, 6.07) is 15.0. The van der Waals surface area contributed by atoms with E-state index in [1.165, 1.54) is 5.56 Å². The number of amides is 2. The Morgan fingerprint density at radius 1 is 1.12 bits per heavy atom. The summed E-state index contributed by atoms with van der Waals surface area (Å²) in [4.78, 5) is 28.9. The summed E-state index contributed by atoms with van der Waals surface area (Å²) in [5.41, 5.74) is 2.94. The molecule has 122 valence electrons. The normalized spacial score (nSPS) is 19.7. The van der Waals surface area contributed by atoms with Crippen LogP contribution in [0.4, 0.5) is 0 Å². The van der Waals surface area contributed by atoms with E-state index in [0.29, 0.717) is 17.1 Å². The van der Waals surface area contributed by atoms with Crippen molar-refractivity contribution in [2.24, 2.45) is 0 Å². The number of hydrogen-bond acceptors (Lipinski definition) is 2. The van der Waals surface area contributed by atoms with E-state index < -0.39 is 0 Å². The van der Waals surface area contributed by atoms with Gasteiger partial charge in [0, 0.05) is 23.7 Å². The quantitative estimate of drug-likeness (QED) is 0.801. The number of nitrogens with zero attached hydrogens (tertiary/aromatic N) is 2. The average Bonchev–Trinajstić information content (AvgIpc) is 2.61. The number of halogens is 1. The molecule has 2 heterocycles. The molecule has 0 radical (unpaired) electrons. The van der Waals surface area contributed by atoms with E-state index in [1.807, 2.05) is 17.0 Å². The molecule has 4 nitrogen and oxygen atoms in total. The van der Waals surface area contributed by atoms with E-state index in [-0.39, 0.29) is 24.4 Å². The van der Waals surface area contributed by atoms with Crippen molar-refractivity contribution in [3.05, 3.63) is 70.2 Å². The first-order chi connectivity index (χ1) is 11.6. The summed E-state index contributed by atoms with van der Waals surface area (Å²) in [6.45, 7) is 1.37. The topological polar surface area (TPSA) is 40.6 Å². The van der Waals surface area contributed by atoms with Crippen LogP contribution in [0.2, 0.25) is 5.02 Å². The van der Waals surface area contributed by atoms with Crippen LogP contribution in [0.15, 0.2) is 48.5 Å². The van der Waals surface area contributed by atoms with Crippen molar-refractivity contribution in [1.29, 1.82) is 0 Å². The van der Waals surface area contributed by atoms with Gasteiger partial charge in [0.25, 0.3) is 5.91 Å². The van der Waals surface area contributed by atoms with E-state index >= 15 is 0 Å². The Labute approximate surface area is 145 Å². The molecule has 0 spiro atoms. The fourth-order valence-electron chi connectivity index (χ4n) is 3.63. The molecule has 2 aliphatic heterocycles. The third-order valence-corrected chi connectivity index (χ3v) is 5.05. The lowest BCUT2D eigenvalue weighted by molar-refractivity contribution is -0.139. The third-order valence-electron chi connectivity index (χ3n) is 4.81. The molecule has 1 atom stereocenters. The maximum absolute atomic E-state index is 12.8. The lowest BCUT2D eigenvalue weighted by Crippen LogP contribution is -2.55. The lowest BCUT2D eigenvalue weighted by Gasteiger charge is -2.44. The van der Waals surface area contributed by atoms with Gasteiger partial charge in [-0.25, -0.2) is 0 Å². The summed E-state index contributed by atoms with van der Waals surface area (Å²) in [7, 11) is 0. The van der Waals surface area contributed by atoms with E-state index in [9.17, 15) is 9.59 Å². The second-order valence-electron chi connectivity index (χ2n) is 6.25. The van der Waals surface area contributed by atoms with Gasteiger partial charge in [0.15, 0.2) is 0 Å². The minimum atomic E-state index is -0.145. The molecule has 4 rings (SSSR count). The molecule has 0 saturated carbocycles. The van der Waals surface area contributed by atoms with Crippen LogP contribution >= 0.6 is 11.6 Å². The van der Waals surface area contributed by atoms with Crippen molar-refractivity contribution in [1.82, 2.24) is 9.80 Å². The van der Waals surface area contributed by atoms with Crippen LogP contribution in [-0.4, -0.2) is 41.2 Å². The number of piperazine rings is 1. The minimum absolute atomic E-state index is 0.0103. The van der Waals surface area contributed by atoms with Crippen molar-refractivity contribution >= 4 is 23.4 Å². The Morgan fingerprint density at radius 3 is 2.79 bits per heavy atom. The fourth-order valence-corrected chi connectivity index (χ4v) is 3.82. The molecule has 1 saturated heterocycles. The predicted molar refractivity (Wildman–Crippen MR) is 92.0 cm³/mol. The summed E-state index contributed by atoms with van der Waals surface area (Å²) in [6.07, 6.45) is 0.876. The first-order valence-corrected chi connectivity index (χ1v) is 8.43. The van der Waals surface area contributed by atoms with Crippen LogP contribution in [0, 0.1) is 0 Å². The summed E-state index contributed by atoms with van der Waals surface area (Å²) < 4.78 is 0. The maximum Gasteiger partial charge on any atom is 0.254 e. The smallest absolute Gasteiger partial charge is 0.254 e. The molecule has 0 bridgehead atoms. The van der Waals surface area contributed by atoms with Gasteiger partial charge in [0.2, 0.25) is 5.91 Å². The third kappa shape index (κ3) is 2.57. The first-order valence-electron chi connectivity index (χ1n) is 8.05. The zero-order valence-electron chi connectivity index (χ0n) is 13.1. The van der Waals surface area contributed by atoms with Gasteiger partial charge in [0.1, 0.15) is 6.54 Å². The number of carbonyl (C=O) groups is 2. The molecule has 2 aromatic rings. The highest BCUT2D eigenvalue weighted by Crippen LogP contribution is 2.33. The van der Waals surface area contributed by atoms with Crippen molar-refractivity contribution in [2.45, 2.75) is 12.5 Å². The summed E-state index contributed by atoms with van der Waals surface area (Å²) in [5, 5.41) is 0.522. The average molecular weight is 341 g/mol. The Bertz CT molecular complexity index is 821. The molecule has 2 aromatic carbocycles. The van der Waals surface area contributed by atoms with Crippen molar-refractivity contribution in [3.63, 3.8) is 0 Å².